The van der Waals surface area contributed by atoms with E-state index in [4.69, 9.17) is 4.42 Å². The molecule has 0 spiro atoms. The van der Waals surface area contributed by atoms with Gasteiger partial charge in [-0.15, -0.1) is 0 Å². The van der Waals surface area contributed by atoms with Gasteiger partial charge < -0.3 is 9.32 Å². The van der Waals surface area contributed by atoms with Crippen LogP contribution in [0.15, 0.2) is 39.6 Å². The van der Waals surface area contributed by atoms with Gasteiger partial charge in [0.2, 0.25) is 15.9 Å². The largest absolute Gasteiger partial charge is 0.464 e. The highest BCUT2D eigenvalue weighted by atomic mass is 32.2. The lowest BCUT2D eigenvalue weighted by Gasteiger charge is -2.34. The van der Waals surface area contributed by atoms with Crippen molar-refractivity contribution < 1.29 is 17.6 Å². The van der Waals surface area contributed by atoms with Crippen LogP contribution in [-0.4, -0.2) is 68.2 Å². The van der Waals surface area contributed by atoms with Crippen LogP contribution >= 0.6 is 0 Å². The van der Waals surface area contributed by atoms with Crippen LogP contribution < -0.4 is 0 Å². The molecule has 1 aromatic heterocycles. The van der Waals surface area contributed by atoms with Crippen LogP contribution in [0, 0.1) is 20.8 Å². The van der Waals surface area contributed by atoms with Crippen LogP contribution in [0.25, 0.3) is 0 Å². The second-order valence-electron chi connectivity index (χ2n) is 7.71. The van der Waals surface area contributed by atoms with E-state index < -0.39 is 10.0 Å². The van der Waals surface area contributed by atoms with E-state index in [1.165, 1.54) is 4.31 Å². The lowest BCUT2D eigenvalue weighted by molar-refractivity contribution is -0.132. The van der Waals surface area contributed by atoms with Crippen LogP contribution in [0.1, 0.15) is 22.6 Å². The first-order chi connectivity index (χ1) is 13.7. The highest BCUT2D eigenvalue weighted by Crippen LogP contribution is 2.22. The minimum Gasteiger partial charge on any atom is -0.464 e. The molecule has 0 radical (unpaired) electrons. The number of hydrogen-bond donors (Lipinski definition) is 0. The lowest BCUT2D eigenvalue weighted by atomic mass is 10.2. The number of amides is 1. The number of aryl methyl sites for hydroxylation is 3. The van der Waals surface area contributed by atoms with E-state index in [-0.39, 0.29) is 12.5 Å². The molecule has 2 aromatic rings. The first-order valence-electron chi connectivity index (χ1n) is 9.76. The Labute approximate surface area is 172 Å². The molecule has 0 atom stereocenters. The average Bonchev–Trinajstić information content (AvgIpc) is 3.06. The Morgan fingerprint density at radius 3 is 2.34 bits per heavy atom. The Morgan fingerprint density at radius 2 is 1.76 bits per heavy atom. The van der Waals surface area contributed by atoms with Gasteiger partial charge in [0.1, 0.15) is 11.5 Å². The van der Waals surface area contributed by atoms with Crippen molar-refractivity contribution in [3.63, 3.8) is 0 Å². The molecule has 1 amide bonds. The summed E-state index contributed by atoms with van der Waals surface area (Å²) in [6.07, 6.45) is 0. The van der Waals surface area contributed by atoms with E-state index in [0.29, 0.717) is 37.6 Å². The summed E-state index contributed by atoms with van der Waals surface area (Å²) in [5.41, 5.74) is 1.80. The number of benzene rings is 1. The number of carbonyl (C=O) groups excluding carboxylic acids is 1. The van der Waals surface area contributed by atoms with Crippen molar-refractivity contribution >= 4 is 15.9 Å². The molecule has 1 saturated heterocycles. The van der Waals surface area contributed by atoms with Crippen molar-refractivity contribution in [2.45, 2.75) is 32.2 Å². The van der Waals surface area contributed by atoms with Gasteiger partial charge in [0.25, 0.3) is 0 Å². The lowest BCUT2D eigenvalue weighted by Crippen LogP contribution is -2.51. The van der Waals surface area contributed by atoms with Crippen LogP contribution in [0.3, 0.4) is 0 Å². The Balaban J connectivity index is 1.55. The van der Waals surface area contributed by atoms with Crippen LogP contribution in [0.4, 0.5) is 0 Å². The second-order valence-corrected chi connectivity index (χ2v) is 9.62. The quantitative estimate of drug-likeness (QED) is 0.717. The molecule has 0 bridgehead atoms. The third kappa shape index (κ3) is 5.07. The van der Waals surface area contributed by atoms with E-state index in [0.717, 1.165) is 22.6 Å². The van der Waals surface area contributed by atoms with Gasteiger partial charge >= 0.3 is 0 Å². The highest BCUT2D eigenvalue weighted by molar-refractivity contribution is 7.89. The Kier molecular flexibility index (Phi) is 6.45. The molecular weight excluding hydrogens is 390 g/mol. The SMILES string of the molecule is Cc1ccc(S(=O)(=O)N2CCN(CC(=O)N(C)Cc3ccc(C)o3)CC2)c(C)c1. The molecule has 0 saturated carbocycles. The maximum Gasteiger partial charge on any atom is 0.243 e. The predicted octanol–water partition coefficient (Wildman–Crippen LogP) is 2.17. The Morgan fingerprint density at radius 1 is 1.07 bits per heavy atom. The van der Waals surface area contributed by atoms with Crippen molar-refractivity contribution in [3.8, 4) is 0 Å². The molecule has 158 valence electrons. The molecule has 0 aliphatic carbocycles. The first-order valence-corrected chi connectivity index (χ1v) is 11.2. The molecule has 1 aromatic carbocycles. The summed E-state index contributed by atoms with van der Waals surface area (Å²) in [7, 11) is -1.77. The minimum atomic E-state index is -3.52. The molecule has 7 nitrogen and oxygen atoms in total. The molecule has 3 rings (SSSR count). The summed E-state index contributed by atoms with van der Waals surface area (Å²) in [5, 5.41) is 0. The number of furan rings is 1. The van der Waals surface area contributed by atoms with Crippen molar-refractivity contribution in [2.75, 3.05) is 39.8 Å². The maximum atomic E-state index is 13.0. The number of nitrogens with zero attached hydrogens (tertiary/aromatic N) is 3. The molecule has 0 N–H and O–H groups in total. The van der Waals surface area contributed by atoms with Gasteiger partial charge in [-0.25, -0.2) is 8.42 Å². The maximum absolute atomic E-state index is 13.0. The van der Waals surface area contributed by atoms with Crippen LogP contribution in [0.2, 0.25) is 0 Å². The average molecular weight is 420 g/mol. The van der Waals surface area contributed by atoms with Crippen LogP contribution in [-0.2, 0) is 21.4 Å². The summed E-state index contributed by atoms with van der Waals surface area (Å²) in [4.78, 5) is 16.5. The Hall–Kier alpha value is -2.16. The zero-order valence-electron chi connectivity index (χ0n) is 17.5. The number of hydrogen-bond acceptors (Lipinski definition) is 5. The topological polar surface area (TPSA) is 74.1 Å². The minimum absolute atomic E-state index is 0.00950. The van der Waals surface area contributed by atoms with Crippen molar-refractivity contribution in [1.29, 1.82) is 0 Å². The number of rotatable bonds is 6. The predicted molar refractivity (Wildman–Crippen MR) is 111 cm³/mol. The smallest absolute Gasteiger partial charge is 0.243 e. The van der Waals surface area contributed by atoms with Gasteiger partial charge in [0.05, 0.1) is 18.0 Å². The fourth-order valence-corrected chi connectivity index (χ4v) is 5.19. The van der Waals surface area contributed by atoms with Crippen LogP contribution in [0.5, 0.6) is 0 Å². The zero-order valence-corrected chi connectivity index (χ0v) is 18.3. The molecule has 29 heavy (non-hydrogen) atoms. The third-order valence-corrected chi connectivity index (χ3v) is 7.31. The first kappa shape index (κ1) is 21.5. The molecule has 0 unspecified atom stereocenters. The van der Waals surface area contributed by atoms with Crippen molar-refractivity contribution in [1.82, 2.24) is 14.1 Å². The Bertz CT molecular complexity index is 976. The summed E-state index contributed by atoms with van der Waals surface area (Å²) in [6, 6.07) is 9.14. The number of piperazine rings is 1. The normalized spacial score (nSPS) is 16.1. The van der Waals surface area contributed by atoms with E-state index in [1.807, 2.05) is 49.9 Å². The third-order valence-electron chi connectivity index (χ3n) is 5.25. The van der Waals surface area contributed by atoms with E-state index in [9.17, 15) is 13.2 Å². The molecule has 8 heteroatoms. The summed E-state index contributed by atoms with van der Waals surface area (Å²) in [5.74, 6) is 1.56. The second kappa shape index (κ2) is 8.69. The molecule has 1 fully saturated rings. The van der Waals surface area contributed by atoms with Gasteiger partial charge in [0, 0.05) is 33.2 Å². The zero-order chi connectivity index (χ0) is 21.2. The molecule has 1 aliphatic heterocycles. The van der Waals surface area contributed by atoms with Gasteiger partial charge in [-0.1, -0.05) is 17.7 Å². The summed E-state index contributed by atoms with van der Waals surface area (Å²) in [6.45, 7) is 8.16. The van der Waals surface area contributed by atoms with Gasteiger partial charge in [-0.2, -0.15) is 4.31 Å². The number of likely N-dealkylation sites (N-methyl/N-ethyl adjacent to an activating group) is 1. The van der Waals surface area contributed by atoms with Gasteiger partial charge in [-0.3, -0.25) is 9.69 Å². The van der Waals surface area contributed by atoms with Gasteiger partial charge in [0.15, 0.2) is 0 Å². The van der Waals surface area contributed by atoms with Crippen molar-refractivity contribution in [3.05, 3.63) is 53.0 Å². The molecular formula is C21H29N3O4S. The number of carbonyl (C=O) groups is 1. The molecule has 2 heterocycles. The fourth-order valence-electron chi connectivity index (χ4n) is 3.56. The van der Waals surface area contributed by atoms with Crippen molar-refractivity contribution in [2.24, 2.45) is 0 Å². The van der Waals surface area contributed by atoms with E-state index >= 15 is 0 Å². The van der Waals surface area contributed by atoms with Gasteiger partial charge in [-0.05, 0) is 44.5 Å². The number of sulfonamides is 1. The fraction of sp³-hybridized carbons (Fsp3) is 0.476. The standard InChI is InChI=1S/C21H29N3O4S/c1-16-5-8-20(17(2)13-16)29(26,27)24-11-9-23(10-12-24)15-21(25)22(4)14-19-7-6-18(3)28-19/h5-8,13H,9-12,14-15H2,1-4H3. The summed E-state index contributed by atoms with van der Waals surface area (Å²) < 4.78 is 33.0. The molecule has 1 aliphatic rings. The highest BCUT2D eigenvalue weighted by Gasteiger charge is 2.30. The monoisotopic (exact) mass is 419 g/mol. The summed E-state index contributed by atoms with van der Waals surface area (Å²) >= 11 is 0. The van der Waals surface area contributed by atoms with E-state index in [1.54, 1.807) is 18.0 Å². The van der Waals surface area contributed by atoms with E-state index in [2.05, 4.69) is 0 Å².